The van der Waals surface area contributed by atoms with Gasteiger partial charge in [0.25, 0.3) is 0 Å². The maximum atomic E-state index is 11.3. The summed E-state index contributed by atoms with van der Waals surface area (Å²) in [5.74, 6) is 0. The van der Waals surface area contributed by atoms with Crippen LogP contribution in [0.2, 0.25) is 0 Å². The van der Waals surface area contributed by atoms with Crippen molar-refractivity contribution in [1.29, 1.82) is 0 Å². The number of H-pyrrole nitrogens is 2. The van der Waals surface area contributed by atoms with Crippen LogP contribution in [0, 0.1) is 0 Å². The maximum absolute atomic E-state index is 11.3. The molecule has 3 rings (SSSR count). The molecule has 0 saturated carbocycles. The molecule has 1 aliphatic rings. The van der Waals surface area contributed by atoms with E-state index in [1.54, 1.807) is 0 Å². The summed E-state index contributed by atoms with van der Waals surface area (Å²) in [7, 11) is 2.18. The number of hydrogen-bond acceptors (Lipinski definition) is 3. The fourth-order valence-corrected chi connectivity index (χ4v) is 3.07. The van der Waals surface area contributed by atoms with Crippen molar-refractivity contribution in [1.82, 2.24) is 20.2 Å². The fraction of sp³-hybridized carbons (Fsp3) is 0.533. The SMILES string of the molecule is CC(NC1CCCN(C)C1)c1ccc2[nH]c(=O)[nH]c2c1. The van der Waals surface area contributed by atoms with Crippen molar-refractivity contribution in [2.75, 3.05) is 20.1 Å². The van der Waals surface area contributed by atoms with Crippen molar-refractivity contribution < 1.29 is 0 Å². The van der Waals surface area contributed by atoms with Crippen molar-refractivity contribution in [2.24, 2.45) is 0 Å². The number of likely N-dealkylation sites (tertiary alicyclic amines) is 1. The molecule has 2 heterocycles. The summed E-state index contributed by atoms with van der Waals surface area (Å²) in [5, 5.41) is 3.69. The van der Waals surface area contributed by atoms with E-state index in [2.05, 4.69) is 46.3 Å². The van der Waals surface area contributed by atoms with Gasteiger partial charge in [-0.3, -0.25) is 0 Å². The van der Waals surface area contributed by atoms with Gasteiger partial charge in [0.05, 0.1) is 11.0 Å². The van der Waals surface area contributed by atoms with Crippen molar-refractivity contribution in [3.63, 3.8) is 0 Å². The van der Waals surface area contributed by atoms with Crippen molar-refractivity contribution in [3.05, 3.63) is 34.2 Å². The van der Waals surface area contributed by atoms with Crippen LogP contribution < -0.4 is 11.0 Å². The van der Waals surface area contributed by atoms with Crippen LogP contribution in [0.5, 0.6) is 0 Å². The van der Waals surface area contributed by atoms with Crippen LogP contribution in [-0.2, 0) is 0 Å². The predicted molar refractivity (Wildman–Crippen MR) is 81.0 cm³/mol. The third-order valence-corrected chi connectivity index (χ3v) is 4.15. The van der Waals surface area contributed by atoms with Gasteiger partial charge < -0.3 is 20.2 Å². The van der Waals surface area contributed by atoms with Gasteiger partial charge >= 0.3 is 5.69 Å². The Bertz CT molecular complexity index is 645. The van der Waals surface area contributed by atoms with E-state index in [1.807, 2.05) is 6.07 Å². The monoisotopic (exact) mass is 274 g/mol. The molecule has 2 aromatic rings. The Labute approximate surface area is 118 Å². The van der Waals surface area contributed by atoms with E-state index in [4.69, 9.17) is 0 Å². The molecule has 2 unspecified atom stereocenters. The lowest BCUT2D eigenvalue weighted by atomic mass is 10.0. The molecule has 1 aliphatic heterocycles. The second-order valence-corrected chi connectivity index (χ2v) is 5.87. The van der Waals surface area contributed by atoms with Gasteiger partial charge in [-0.25, -0.2) is 4.79 Å². The second kappa shape index (κ2) is 5.42. The molecule has 108 valence electrons. The number of likely N-dealkylation sites (N-methyl/N-ethyl adjacent to an activating group) is 1. The van der Waals surface area contributed by atoms with Gasteiger partial charge in [-0.05, 0) is 51.1 Å². The fourth-order valence-electron chi connectivity index (χ4n) is 3.07. The van der Waals surface area contributed by atoms with Crippen molar-refractivity contribution in [3.8, 4) is 0 Å². The zero-order chi connectivity index (χ0) is 14.1. The number of hydrogen-bond donors (Lipinski definition) is 3. The third kappa shape index (κ3) is 2.78. The predicted octanol–water partition coefficient (Wildman–Crippen LogP) is 1.60. The Kier molecular flexibility index (Phi) is 3.63. The first-order valence-electron chi connectivity index (χ1n) is 7.28. The van der Waals surface area contributed by atoms with Crippen LogP contribution in [0.4, 0.5) is 0 Å². The third-order valence-electron chi connectivity index (χ3n) is 4.15. The lowest BCUT2D eigenvalue weighted by Gasteiger charge is -2.32. The molecule has 5 heteroatoms. The first-order valence-corrected chi connectivity index (χ1v) is 7.28. The van der Waals surface area contributed by atoms with Crippen molar-refractivity contribution in [2.45, 2.75) is 31.8 Å². The minimum atomic E-state index is -0.147. The summed E-state index contributed by atoms with van der Waals surface area (Å²) in [6, 6.07) is 6.93. The van der Waals surface area contributed by atoms with Gasteiger partial charge in [-0.1, -0.05) is 6.07 Å². The van der Waals surface area contributed by atoms with Crippen LogP contribution in [0.25, 0.3) is 11.0 Å². The van der Waals surface area contributed by atoms with E-state index in [0.29, 0.717) is 6.04 Å². The zero-order valence-corrected chi connectivity index (χ0v) is 12.1. The summed E-state index contributed by atoms with van der Waals surface area (Å²) < 4.78 is 0. The Balaban J connectivity index is 1.74. The molecule has 0 bridgehead atoms. The van der Waals surface area contributed by atoms with E-state index in [9.17, 15) is 4.79 Å². The summed E-state index contributed by atoms with van der Waals surface area (Å²) in [5.41, 5.74) is 2.80. The number of benzene rings is 1. The number of aromatic amines is 2. The van der Waals surface area contributed by atoms with Crippen LogP contribution in [0.15, 0.2) is 23.0 Å². The highest BCUT2D eigenvalue weighted by Crippen LogP contribution is 2.19. The summed E-state index contributed by atoms with van der Waals surface area (Å²) in [6.45, 7) is 4.48. The molecule has 1 saturated heterocycles. The van der Waals surface area contributed by atoms with Crippen LogP contribution in [-0.4, -0.2) is 41.0 Å². The van der Waals surface area contributed by atoms with E-state index in [-0.39, 0.29) is 11.7 Å². The lowest BCUT2D eigenvalue weighted by Crippen LogP contribution is -2.44. The summed E-state index contributed by atoms with van der Waals surface area (Å²) in [6.07, 6.45) is 2.49. The molecule has 20 heavy (non-hydrogen) atoms. The second-order valence-electron chi connectivity index (χ2n) is 5.87. The number of aromatic nitrogens is 2. The number of imidazole rings is 1. The molecule has 5 nitrogen and oxygen atoms in total. The minimum Gasteiger partial charge on any atom is -0.306 e. The van der Waals surface area contributed by atoms with Crippen LogP contribution in [0.1, 0.15) is 31.4 Å². The van der Waals surface area contributed by atoms with Gasteiger partial charge in [0.2, 0.25) is 0 Å². The lowest BCUT2D eigenvalue weighted by molar-refractivity contribution is 0.218. The Morgan fingerprint density at radius 1 is 1.35 bits per heavy atom. The molecule has 1 fully saturated rings. The molecule has 3 N–H and O–H groups in total. The van der Waals surface area contributed by atoms with E-state index in [0.717, 1.165) is 17.6 Å². The highest BCUT2D eigenvalue weighted by molar-refractivity contribution is 5.75. The normalized spacial score (nSPS) is 22.2. The molecule has 0 spiro atoms. The van der Waals surface area contributed by atoms with E-state index in [1.165, 1.54) is 24.9 Å². The highest BCUT2D eigenvalue weighted by atomic mass is 16.1. The number of piperidine rings is 1. The smallest absolute Gasteiger partial charge is 0.306 e. The van der Waals surface area contributed by atoms with E-state index >= 15 is 0 Å². The Morgan fingerprint density at radius 3 is 2.95 bits per heavy atom. The van der Waals surface area contributed by atoms with Gasteiger partial charge in [0, 0.05) is 18.6 Å². The molecule has 2 atom stereocenters. The largest absolute Gasteiger partial charge is 0.323 e. The Hall–Kier alpha value is -1.59. The number of nitrogens with zero attached hydrogens (tertiary/aromatic N) is 1. The molecule has 1 aromatic heterocycles. The molecule has 0 aliphatic carbocycles. The molecule has 0 radical (unpaired) electrons. The van der Waals surface area contributed by atoms with Crippen LogP contribution in [0.3, 0.4) is 0 Å². The van der Waals surface area contributed by atoms with Crippen LogP contribution >= 0.6 is 0 Å². The maximum Gasteiger partial charge on any atom is 0.323 e. The topological polar surface area (TPSA) is 63.9 Å². The average Bonchev–Trinajstić information content (AvgIpc) is 2.77. The zero-order valence-electron chi connectivity index (χ0n) is 12.1. The van der Waals surface area contributed by atoms with Gasteiger partial charge in [-0.2, -0.15) is 0 Å². The number of nitrogens with one attached hydrogen (secondary N) is 3. The highest BCUT2D eigenvalue weighted by Gasteiger charge is 2.19. The number of rotatable bonds is 3. The van der Waals surface area contributed by atoms with Gasteiger partial charge in [0.1, 0.15) is 0 Å². The number of fused-ring (bicyclic) bond motifs is 1. The average molecular weight is 274 g/mol. The summed E-state index contributed by atoms with van der Waals surface area (Å²) >= 11 is 0. The molecule has 0 amide bonds. The quantitative estimate of drug-likeness (QED) is 0.796. The minimum absolute atomic E-state index is 0.147. The van der Waals surface area contributed by atoms with Gasteiger partial charge in [-0.15, -0.1) is 0 Å². The molecular formula is C15H22N4O. The molecule has 1 aromatic carbocycles. The van der Waals surface area contributed by atoms with Crippen molar-refractivity contribution >= 4 is 11.0 Å². The Morgan fingerprint density at radius 2 is 2.15 bits per heavy atom. The first kappa shape index (κ1) is 13.4. The summed E-state index contributed by atoms with van der Waals surface area (Å²) in [4.78, 5) is 19.3. The van der Waals surface area contributed by atoms with E-state index < -0.39 is 0 Å². The first-order chi connectivity index (χ1) is 9.61. The molecular weight excluding hydrogens is 252 g/mol. The van der Waals surface area contributed by atoms with Gasteiger partial charge in [0.15, 0.2) is 0 Å². The standard InChI is InChI=1S/C15H22N4O/c1-10(16-12-4-3-7-19(2)9-12)11-5-6-13-14(8-11)18-15(20)17-13/h5-6,8,10,12,16H,3-4,7,9H2,1-2H3,(H2,17,18,20).